The van der Waals surface area contributed by atoms with Crippen molar-refractivity contribution in [2.24, 2.45) is 0 Å². The van der Waals surface area contributed by atoms with Crippen molar-refractivity contribution in [3.05, 3.63) is 71.8 Å². The fourth-order valence-corrected chi connectivity index (χ4v) is 2.90. The Morgan fingerprint density at radius 3 is 2.26 bits per heavy atom. The molecule has 0 heterocycles. The van der Waals surface area contributed by atoms with Gasteiger partial charge in [-0.05, 0) is 56.1 Å². The summed E-state index contributed by atoms with van der Waals surface area (Å²) < 4.78 is 4.62. The summed E-state index contributed by atoms with van der Waals surface area (Å²) in [5.41, 5.74) is 2.96. The van der Waals surface area contributed by atoms with Crippen molar-refractivity contribution in [2.45, 2.75) is 71.1 Å². The second-order valence-corrected chi connectivity index (χ2v) is 6.78. The second-order valence-electron chi connectivity index (χ2n) is 6.78. The highest BCUT2D eigenvalue weighted by Crippen LogP contribution is 2.14. The molecule has 0 aliphatic heterocycles. The Balaban J connectivity index is 2.18. The molecule has 0 atom stereocenters. The summed E-state index contributed by atoms with van der Waals surface area (Å²) in [5, 5.41) is 0. The highest BCUT2D eigenvalue weighted by atomic mass is 16.5. The largest absolute Gasteiger partial charge is 0.469 e. The van der Waals surface area contributed by atoms with Crippen LogP contribution in [0.15, 0.2) is 60.7 Å². The summed E-state index contributed by atoms with van der Waals surface area (Å²) in [5.74, 6) is -0.126. The predicted molar refractivity (Wildman–Crippen MR) is 116 cm³/mol. The lowest BCUT2D eigenvalue weighted by molar-refractivity contribution is -0.140. The first-order valence-corrected chi connectivity index (χ1v) is 10.4. The summed E-state index contributed by atoms with van der Waals surface area (Å²) >= 11 is 0. The molecule has 1 rings (SSSR count). The molecule has 27 heavy (non-hydrogen) atoms. The average Bonchev–Trinajstić information content (AvgIpc) is 2.69. The topological polar surface area (TPSA) is 26.3 Å². The highest BCUT2D eigenvalue weighted by molar-refractivity contribution is 5.69. The maximum absolute atomic E-state index is 11.0. The summed E-state index contributed by atoms with van der Waals surface area (Å²) in [6.45, 7) is 2.25. The molecule has 0 aliphatic carbocycles. The molecule has 0 aliphatic rings. The van der Waals surface area contributed by atoms with Gasteiger partial charge in [0, 0.05) is 6.42 Å². The smallest absolute Gasteiger partial charge is 0.305 e. The van der Waals surface area contributed by atoms with Gasteiger partial charge < -0.3 is 4.74 Å². The molecule has 0 bridgehead atoms. The number of rotatable bonds is 14. The van der Waals surface area contributed by atoms with Crippen LogP contribution < -0.4 is 0 Å². The molecule has 0 fully saturated rings. The van der Waals surface area contributed by atoms with Gasteiger partial charge in [-0.1, -0.05) is 80.5 Å². The van der Waals surface area contributed by atoms with Crippen molar-refractivity contribution in [3.63, 3.8) is 0 Å². The number of benzene rings is 1. The Kier molecular flexibility index (Phi) is 13.7. The normalized spacial score (nSPS) is 11.8. The van der Waals surface area contributed by atoms with E-state index in [1.165, 1.54) is 43.9 Å². The zero-order valence-corrected chi connectivity index (χ0v) is 17.2. The van der Waals surface area contributed by atoms with E-state index < -0.39 is 0 Å². The molecule has 2 heteroatoms. The lowest BCUT2D eigenvalue weighted by Crippen LogP contribution is -1.98. The Morgan fingerprint density at radius 2 is 1.56 bits per heavy atom. The van der Waals surface area contributed by atoms with Crippen molar-refractivity contribution < 1.29 is 9.53 Å². The summed E-state index contributed by atoms with van der Waals surface area (Å²) in [7, 11) is 1.43. The van der Waals surface area contributed by atoms with Crippen molar-refractivity contribution in [1.29, 1.82) is 0 Å². The summed E-state index contributed by atoms with van der Waals surface area (Å²) in [6.07, 6.45) is 23.6. The molecule has 0 saturated carbocycles. The number of allylic oxidation sites excluding steroid dienone is 6. The van der Waals surface area contributed by atoms with Crippen LogP contribution in [-0.4, -0.2) is 13.1 Å². The van der Waals surface area contributed by atoms with Crippen molar-refractivity contribution >= 4 is 5.97 Å². The number of aryl methyl sites for hydroxylation is 1. The van der Waals surface area contributed by atoms with Crippen LogP contribution in [0.2, 0.25) is 0 Å². The molecule has 0 saturated heterocycles. The summed E-state index contributed by atoms with van der Waals surface area (Å²) in [4.78, 5) is 11.0. The average molecular weight is 369 g/mol. The number of unbranched alkanes of at least 4 members (excludes halogenated alkanes) is 3. The molecule has 0 amide bonds. The molecule has 0 radical (unpaired) electrons. The van der Waals surface area contributed by atoms with Crippen LogP contribution in [0.4, 0.5) is 0 Å². The van der Waals surface area contributed by atoms with Crippen LogP contribution in [0.1, 0.15) is 69.4 Å². The van der Waals surface area contributed by atoms with Crippen LogP contribution in [0.5, 0.6) is 0 Å². The quantitative estimate of drug-likeness (QED) is 0.206. The van der Waals surface area contributed by atoms with Crippen molar-refractivity contribution in [1.82, 2.24) is 0 Å². The number of methoxy groups -OCH3 is 1. The number of carbonyl (C=O) groups is 1. The van der Waals surface area contributed by atoms with Gasteiger partial charge in [0.2, 0.25) is 0 Å². The van der Waals surface area contributed by atoms with E-state index in [-0.39, 0.29) is 5.97 Å². The SMILES string of the molecule is CCCCCc1ccccc1C/C=C\C/C=C\C/C=C\CCCC(=O)OC. The van der Waals surface area contributed by atoms with Crippen LogP contribution in [0.3, 0.4) is 0 Å². The lowest BCUT2D eigenvalue weighted by Gasteiger charge is -2.07. The van der Waals surface area contributed by atoms with Crippen molar-refractivity contribution in [2.75, 3.05) is 7.11 Å². The first-order valence-electron chi connectivity index (χ1n) is 10.4. The minimum Gasteiger partial charge on any atom is -0.469 e. The molecule has 0 unspecified atom stereocenters. The van der Waals surface area contributed by atoms with Gasteiger partial charge in [0.05, 0.1) is 7.11 Å². The van der Waals surface area contributed by atoms with Gasteiger partial charge in [0.1, 0.15) is 0 Å². The molecule has 0 aromatic heterocycles. The predicted octanol–water partition coefficient (Wildman–Crippen LogP) is 6.75. The molecule has 0 N–H and O–H groups in total. The molecule has 2 nitrogen and oxygen atoms in total. The molecule has 1 aromatic rings. The molecule has 1 aromatic carbocycles. The van der Waals surface area contributed by atoms with Gasteiger partial charge >= 0.3 is 5.97 Å². The van der Waals surface area contributed by atoms with E-state index in [1.54, 1.807) is 0 Å². The number of hydrogen-bond donors (Lipinski definition) is 0. The van der Waals surface area contributed by atoms with Crippen LogP contribution >= 0.6 is 0 Å². The van der Waals surface area contributed by atoms with Crippen molar-refractivity contribution in [3.8, 4) is 0 Å². The van der Waals surface area contributed by atoms with E-state index in [9.17, 15) is 4.79 Å². The second kappa shape index (κ2) is 16.1. The van der Waals surface area contributed by atoms with Gasteiger partial charge in [-0.15, -0.1) is 0 Å². The zero-order valence-electron chi connectivity index (χ0n) is 17.2. The molecule has 148 valence electrons. The Bertz CT molecular complexity index is 596. The monoisotopic (exact) mass is 368 g/mol. The van der Waals surface area contributed by atoms with Crippen LogP contribution in [0.25, 0.3) is 0 Å². The first-order chi connectivity index (χ1) is 13.3. The van der Waals surface area contributed by atoms with Gasteiger partial charge in [-0.3, -0.25) is 4.79 Å². The van der Waals surface area contributed by atoms with Crippen LogP contribution in [-0.2, 0) is 22.4 Å². The molecule has 0 spiro atoms. The number of hydrogen-bond acceptors (Lipinski definition) is 2. The van der Waals surface area contributed by atoms with E-state index >= 15 is 0 Å². The third-order valence-electron chi connectivity index (χ3n) is 4.53. The maximum Gasteiger partial charge on any atom is 0.305 e. The Labute approximate surface area is 166 Å². The highest BCUT2D eigenvalue weighted by Gasteiger charge is 1.99. The third-order valence-corrected chi connectivity index (χ3v) is 4.53. The standard InChI is InChI=1S/C25H36O2/c1-3-4-13-18-23-20-16-17-21-24(23)19-14-11-9-7-5-6-8-10-12-15-22-25(26)27-2/h5,7-8,10-11,14,16-17,20-21H,3-4,6,9,12-13,15,18-19,22H2,1-2H3/b7-5-,10-8-,14-11-. The van der Waals surface area contributed by atoms with Gasteiger partial charge in [-0.2, -0.15) is 0 Å². The van der Waals surface area contributed by atoms with E-state index in [0.29, 0.717) is 6.42 Å². The van der Waals surface area contributed by atoms with Gasteiger partial charge in [-0.25, -0.2) is 0 Å². The minimum atomic E-state index is -0.126. The van der Waals surface area contributed by atoms with E-state index in [0.717, 1.165) is 32.1 Å². The first kappa shape index (κ1) is 23.0. The molecular formula is C25H36O2. The molecular weight excluding hydrogens is 332 g/mol. The minimum absolute atomic E-state index is 0.126. The zero-order chi connectivity index (χ0) is 19.6. The summed E-state index contributed by atoms with van der Waals surface area (Å²) in [6, 6.07) is 8.83. The number of esters is 1. The van der Waals surface area contributed by atoms with E-state index in [2.05, 4.69) is 72.4 Å². The fourth-order valence-electron chi connectivity index (χ4n) is 2.90. The van der Waals surface area contributed by atoms with Gasteiger partial charge in [0.15, 0.2) is 0 Å². The Morgan fingerprint density at radius 1 is 0.889 bits per heavy atom. The lowest BCUT2D eigenvalue weighted by atomic mass is 9.99. The third kappa shape index (κ3) is 12.0. The Hall–Kier alpha value is -2.09. The number of carbonyl (C=O) groups excluding carboxylic acids is 1. The maximum atomic E-state index is 11.0. The van der Waals surface area contributed by atoms with E-state index in [1.807, 2.05) is 0 Å². The number of ether oxygens (including phenoxy) is 1. The van der Waals surface area contributed by atoms with E-state index in [4.69, 9.17) is 0 Å². The fraction of sp³-hybridized carbons (Fsp3) is 0.480. The van der Waals surface area contributed by atoms with Gasteiger partial charge in [0.25, 0.3) is 0 Å². The van der Waals surface area contributed by atoms with Crippen LogP contribution in [0, 0.1) is 0 Å².